The molecule has 240 valence electrons. The molecule has 0 N–H and O–H groups in total. The van der Waals surface area contributed by atoms with Crippen LogP contribution in [0.2, 0.25) is 0 Å². The zero-order valence-electron chi connectivity index (χ0n) is 27.2. The van der Waals surface area contributed by atoms with Gasteiger partial charge in [-0.3, -0.25) is 4.99 Å². The van der Waals surface area contributed by atoms with Crippen LogP contribution in [-0.2, 0) is 0 Å². The molecule has 0 fully saturated rings. The van der Waals surface area contributed by atoms with Crippen LogP contribution >= 0.6 is 0 Å². The van der Waals surface area contributed by atoms with Gasteiger partial charge in [0.25, 0.3) is 0 Å². The van der Waals surface area contributed by atoms with Gasteiger partial charge in [0.2, 0.25) is 0 Å². The van der Waals surface area contributed by atoms with Gasteiger partial charge in [-0.25, -0.2) is 15.0 Å². The van der Waals surface area contributed by atoms with E-state index in [0.717, 1.165) is 80.7 Å². The molecule has 0 spiro atoms. The number of nitrogens with zero attached hydrogens (tertiary/aromatic N) is 4. The number of para-hydroxylation sites is 1. The SMILES string of the molecule is C1=CCCC(C2=NC(C3=CC4Oc5ccc(-c6nc(-c7ccccc7)cc(-c7ccccc7)n6)cc5C4C=C3)=NC3c4ccccc4OC23)=C1. The summed E-state index contributed by atoms with van der Waals surface area (Å²) in [4.78, 5) is 20.5. The van der Waals surface area contributed by atoms with E-state index in [1.54, 1.807) is 0 Å². The number of rotatable bonds is 5. The standard InChI is InChI=1S/C44H32N4O2/c1-4-12-27(13-5-1)35-26-36(28-14-6-2-7-15-28)46-43(45-35)30-21-23-38-34(24-30)32-22-20-31(25-39(32)49-38)44-47-40(29-16-8-3-9-17-29)42-41(48-44)33-18-10-11-19-37(33)50-42/h1-8,10-16,18-26,32,39,41-42H,9,17H2. The highest BCUT2D eigenvalue weighted by molar-refractivity contribution is 6.17. The Balaban J connectivity index is 0.994. The minimum atomic E-state index is -0.217. The van der Waals surface area contributed by atoms with Crippen LogP contribution in [0, 0.1) is 0 Å². The molecule has 0 radical (unpaired) electrons. The number of hydrogen-bond donors (Lipinski definition) is 0. The molecule has 4 atom stereocenters. The molecule has 1 aromatic heterocycles. The van der Waals surface area contributed by atoms with Gasteiger partial charge >= 0.3 is 0 Å². The maximum Gasteiger partial charge on any atom is 0.167 e. The summed E-state index contributed by atoms with van der Waals surface area (Å²) in [6.07, 6.45) is 14.6. The molecule has 6 heteroatoms. The second-order valence-electron chi connectivity index (χ2n) is 13.2. The third kappa shape index (κ3) is 4.95. The van der Waals surface area contributed by atoms with Crippen molar-refractivity contribution in [2.75, 3.05) is 0 Å². The van der Waals surface area contributed by atoms with Gasteiger partial charge in [0, 0.05) is 39.3 Å². The van der Waals surface area contributed by atoms with E-state index in [4.69, 9.17) is 29.4 Å². The number of aromatic nitrogens is 2. The Bertz CT molecular complexity index is 2290. The second kappa shape index (κ2) is 11.8. The molecule has 3 aliphatic heterocycles. The van der Waals surface area contributed by atoms with E-state index < -0.39 is 0 Å². The number of aliphatic imine (C=N–C) groups is 2. The Hall–Kier alpha value is -6.14. The molecule has 0 amide bonds. The van der Waals surface area contributed by atoms with E-state index in [1.807, 2.05) is 48.5 Å². The molecule has 0 bridgehead atoms. The minimum Gasteiger partial charge on any atom is -0.485 e. The first-order valence-electron chi connectivity index (χ1n) is 17.2. The molecule has 0 saturated heterocycles. The lowest BCUT2D eigenvalue weighted by molar-refractivity contribution is 0.268. The fraction of sp³-hybridized carbons (Fsp3) is 0.136. The Morgan fingerprint density at radius 2 is 1.42 bits per heavy atom. The summed E-state index contributed by atoms with van der Waals surface area (Å²) in [5.74, 6) is 3.24. The number of amidine groups is 1. The summed E-state index contributed by atoms with van der Waals surface area (Å²) in [5.41, 5.74) is 10.2. The van der Waals surface area contributed by atoms with Gasteiger partial charge in [0.1, 0.15) is 23.6 Å². The summed E-state index contributed by atoms with van der Waals surface area (Å²) < 4.78 is 13.0. The quantitative estimate of drug-likeness (QED) is 0.190. The maximum atomic E-state index is 6.58. The van der Waals surface area contributed by atoms with Crippen molar-refractivity contribution in [2.24, 2.45) is 9.98 Å². The van der Waals surface area contributed by atoms with Crippen molar-refractivity contribution in [3.05, 3.63) is 168 Å². The molecule has 10 rings (SSSR count). The summed E-state index contributed by atoms with van der Waals surface area (Å²) in [7, 11) is 0. The molecule has 4 heterocycles. The smallest absolute Gasteiger partial charge is 0.167 e. The number of fused-ring (bicyclic) bond motifs is 6. The molecule has 5 aliphatic rings. The molecule has 4 unspecified atom stereocenters. The Labute approximate surface area is 290 Å². The average molecular weight is 649 g/mol. The third-order valence-corrected chi connectivity index (χ3v) is 10.1. The van der Waals surface area contributed by atoms with Crippen LogP contribution in [0.5, 0.6) is 11.5 Å². The molecule has 0 saturated carbocycles. The molecule has 4 aromatic carbocycles. The van der Waals surface area contributed by atoms with Crippen molar-refractivity contribution in [1.82, 2.24) is 9.97 Å². The van der Waals surface area contributed by atoms with Gasteiger partial charge in [0.05, 0.1) is 17.1 Å². The van der Waals surface area contributed by atoms with Gasteiger partial charge in [-0.05, 0) is 54.8 Å². The van der Waals surface area contributed by atoms with Gasteiger partial charge in [-0.1, -0.05) is 109 Å². The lowest BCUT2D eigenvalue weighted by atomic mass is 9.87. The molecule has 5 aromatic rings. The molecule has 2 aliphatic carbocycles. The van der Waals surface area contributed by atoms with E-state index in [1.165, 1.54) is 5.57 Å². The average Bonchev–Trinajstić information content (AvgIpc) is 3.76. The van der Waals surface area contributed by atoms with Crippen LogP contribution in [0.3, 0.4) is 0 Å². The lowest BCUT2D eigenvalue weighted by Crippen LogP contribution is -2.35. The van der Waals surface area contributed by atoms with Crippen molar-refractivity contribution < 1.29 is 9.47 Å². The topological polar surface area (TPSA) is 69.0 Å². The monoisotopic (exact) mass is 648 g/mol. The van der Waals surface area contributed by atoms with Crippen LogP contribution in [0.15, 0.2) is 167 Å². The van der Waals surface area contributed by atoms with Crippen LogP contribution < -0.4 is 9.47 Å². The van der Waals surface area contributed by atoms with Gasteiger partial charge < -0.3 is 9.47 Å². The summed E-state index contributed by atoms with van der Waals surface area (Å²) in [5, 5.41) is 0. The Morgan fingerprint density at radius 3 is 2.18 bits per heavy atom. The lowest BCUT2D eigenvalue weighted by Gasteiger charge is -2.27. The number of benzene rings is 4. The predicted molar refractivity (Wildman–Crippen MR) is 198 cm³/mol. The van der Waals surface area contributed by atoms with Crippen LogP contribution in [0.1, 0.15) is 35.9 Å². The molecule has 50 heavy (non-hydrogen) atoms. The molecular weight excluding hydrogens is 617 g/mol. The van der Waals surface area contributed by atoms with Gasteiger partial charge in [-0.15, -0.1) is 0 Å². The van der Waals surface area contributed by atoms with Crippen LogP contribution in [0.4, 0.5) is 0 Å². The normalized spacial score (nSPS) is 22.5. The van der Waals surface area contributed by atoms with Crippen molar-refractivity contribution in [3.8, 4) is 45.4 Å². The predicted octanol–water partition coefficient (Wildman–Crippen LogP) is 9.45. The van der Waals surface area contributed by atoms with Gasteiger partial charge in [0.15, 0.2) is 17.8 Å². The zero-order valence-corrected chi connectivity index (χ0v) is 27.2. The van der Waals surface area contributed by atoms with E-state index in [0.29, 0.717) is 5.82 Å². The van der Waals surface area contributed by atoms with E-state index in [-0.39, 0.29) is 24.2 Å². The number of ether oxygens (including phenoxy) is 2. The van der Waals surface area contributed by atoms with Crippen LogP contribution in [0.25, 0.3) is 33.9 Å². The first-order chi connectivity index (χ1) is 24.7. The minimum absolute atomic E-state index is 0.0571. The zero-order chi connectivity index (χ0) is 33.0. The Morgan fingerprint density at radius 1 is 0.680 bits per heavy atom. The van der Waals surface area contributed by atoms with E-state index in [2.05, 4.69) is 97.1 Å². The fourth-order valence-electron chi connectivity index (χ4n) is 7.57. The Kier molecular flexibility index (Phi) is 6.79. The van der Waals surface area contributed by atoms with Crippen molar-refractivity contribution >= 4 is 11.5 Å². The number of hydrogen-bond acceptors (Lipinski definition) is 6. The summed E-state index contributed by atoms with van der Waals surface area (Å²) in [6, 6.07) is 37.0. The highest BCUT2D eigenvalue weighted by Gasteiger charge is 2.42. The first-order valence-corrected chi connectivity index (χ1v) is 17.2. The highest BCUT2D eigenvalue weighted by Crippen LogP contribution is 2.46. The molecular formula is C44H32N4O2. The van der Waals surface area contributed by atoms with Crippen molar-refractivity contribution in [3.63, 3.8) is 0 Å². The second-order valence-corrected chi connectivity index (χ2v) is 13.2. The van der Waals surface area contributed by atoms with E-state index in [9.17, 15) is 0 Å². The first kappa shape index (κ1) is 28.8. The number of allylic oxidation sites excluding steroid dienone is 3. The maximum absolute atomic E-state index is 6.58. The third-order valence-electron chi connectivity index (χ3n) is 10.1. The largest absolute Gasteiger partial charge is 0.485 e. The molecule has 6 nitrogen and oxygen atoms in total. The summed E-state index contributed by atoms with van der Waals surface area (Å²) >= 11 is 0. The fourth-order valence-corrected chi connectivity index (χ4v) is 7.57. The van der Waals surface area contributed by atoms with Crippen molar-refractivity contribution in [1.29, 1.82) is 0 Å². The van der Waals surface area contributed by atoms with E-state index >= 15 is 0 Å². The highest BCUT2D eigenvalue weighted by atomic mass is 16.5. The summed E-state index contributed by atoms with van der Waals surface area (Å²) in [6.45, 7) is 0. The van der Waals surface area contributed by atoms with Crippen molar-refractivity contribution in [2.45, 2.75) is 37.0 Å². The van der Waals surface area contributed by atoms with Crippen LogP contribution in [-0.4, -0.2) is 33.7 Å². The van der Waals surface area contributed by atoms with Gasteiger partial charge in [-0.2, -0.15) is 0 Å².